The largest absolute Gasteiger partial charge is 0.496 e. The lowest BCUT2D eigenvalue weighted by atomic mass is 10.0. The van der Waals surface area contributed by atoms with Gasteiger partial charge in [0.15, 0.2) is 11.5 Å². The predicted octanol–water partition coefficient (Wildman–Crippen LogP) is 3.78. The number of benzene rings is 3. The smallest absolute Gasteiger partial charge is 0.273 e. The van der Waals surface area contributed by atoms with Gasteiger partial charge in [0.05, 0.1) is 25.4 Å². The molecular formula is C28H33N5O5. The molecule has 0 spiro atoms. The van der Waals surface area contributed by atoms with Crippen LogP contribution in [-0.4, -0.2) is 37.5 Å². The molecule has 0 fully saturated rings. The fourth-order valence-electron chi connectivity index (χ4n) is 3.63. The minimum Gasteiger partial charge on any atom is -0.496 e. The van der Waals surface area contributed by atoms with Crippen molar-refractivity contribution in [2.45, 2.75) is 32.9 Å². The van der Waals surface area contributed by atoms with E-state index in [4.69, 9.17) is 25.4 Å². The Labute approximate surface area is 222 Å². The second-order valence-electron chi connectivity index (χ2n) is 8.52. The number of hydrogen-bond acceptors (Lipinski definition) is 7. The third-order valence-electron chi connectivity index (χ3n) is 5.38. The summed E-state index contributed by atoms with van der Waals surface area (Å²) < 4.78 is 16.9. The molecule has 6 N–H and O–H groups in total. The van der Waals surface area contributed by atoms with E-state index in [1.165, 1.54) is 7.11 Å². The molecule has 0 aliphatic carbocycles. The molecule has 38 heavy (non-hydrogen) atoms. The third-order valence-corrected chi connectivity index (χ3v) is 5.38. The van der Waals surface area contributed by atoms with E-state index in [1.807, 2.05) is 20.8 Å². The zero-order valence-corrected chi connectivity index (χ0v) is 21.8. The van der Waals surface area contributed by atoms with Crippen molar-refractivity contribution in [2.75, 3.05) is 19.0 Å². The highest BCUT2D eigenvalue weighted by atomic mass is 16.5. The van der Waals surface area contributed by atoms with Crippen molar-refractivity contribution in [1.29, 1.82) is 5.41 Å². The van der Waals surface area contributed by atoms with Crippen LogP contribution in [0.4, 0.5) is 5.69 Å². The van der Waals surface area contributed by atoms with Crippen molar-refractivity contribution < 1.29 is 23.8 Å². The number of nitrogen functional groups attached to an aromatic ring is 1. The summed E-state index contributed by atoms with van der Waals surface area (Å²) in [5.74, 6) is 0.303. The van der Waals surface area contributed by atoms with Crippen molar-refractivity contribution in [1.82, 2.24) is 10.9 Å². The molecule has 0 heterocycles. The predicted molar refractivity (Wildman–Crippen MR) is 146 cm³/mol. The first kappa shape index (κ1) is 27.9. The van der Waals surface area contributed by atoms with Gasteiger partial charge in [-0.3, -0.25) is 25.8 Å². The van der Waals surface area contributed by atoms with Gasteiger partial charge in [0, 0.05) is 11.3 Å². The van der Waals surface area contributed by atoms with E-state index in [2.05, 4.69) is 16.2 Å². The van der Waals surface area contributed by atoms with Gasteiger partial charge in [-0.05, 0) is 74.9 Å². The topological polar surface area (TPSA) is 148 Å². The monoisotopic (exact) mass is 519 g/mol. The molecule has 10 heteroatoms. The van der Waals surface area contributed by atoms with Crippen molar-refractivity contribution >= 4 is 23.3 Å². The van der Waals surface area contributed by atoms with E-state index in [0.717, 1.165) is 0 Å². The van der Waals surface area contributed by atoms with Gasteiger partial charge >= 0.3 is 0 Å². The highest BCUT2D eigenvalue weighted by Gasteiger charge is 2.24. The zero-order chi connectivity index (χ0) is 27.7. The Bertz CT molecular complexity index is 1280. The van der Waals surface area contributed by atoms with Gasteiger partial charge in [0.2, 0.25) is 0 Å². The summed E-state index contributed by atoms with van der Waals surface area (Å²) in [6.07, 6.45) is -0.0674. The Morgan fingerprint density at radius 2 is 1.66 bits per heavy atom. The Morgan fingerprint density at radius 3 is 2.29 bits per heavy atom. The van der Waals surface area contributed by atoms with Gasteiger partial charge in [-0.25, -0.2) is 0 Å². The van der Waals surface area contributed by atoms with Gasteiger partial charge in [-0.1, -0.05) is 18.2 Å². The molecule has 0 saturated heterocycles. The normalized spacial score (nSPS) is 11.3. The first-order valence-corrected chi connectivity index (χ1v) is 12.1. The highest BCUT2D eigenvalue weighted by molar-refractivity contribution is 5.98. The molecule has 0 saturated carbocycles. The van der Waals surface area contributed by atoms with Crippen molar-refractivity contribution in [2.24, 2.45) is 5.73 Å². The number of hydrazine groups is 1. The first-order valence-electron chi connectivity index (χ1n) is 12.1. The van der Waals surface area contributed by atoms with Gasteiger partial charge in [0.1, 0.15) is 17.6 Å². The molecule has 1 atom stereocenters. The molecule has 2 amide bonds. The fourth-order valence-corrected chi connectivity index (χ4v) is 3.63. The molecule has 3 aromatic carbocycles. The average Bonchev–Trinajstić information content (AvgIpc) is 2.91. The van der Waals surface area contributed by atoms with Gasteiger partial charge in [0.25, 0.3) is 11.8 Å². The average molecular weight is 520 g/mol. The number of rotatable bonds is 11. The Balaban J connectivity index is 1.90. The van der Waals surface area contributed by atoms with Crippen LogP contribution in [0.2, 0.25) is 0 Å². The summed E-state index contributed by atoms with van der Waals surface area (Å²) in [6, 6.07) is 17.8. The Hall–Kier alpha value is -4.73. The third kappa shape index (κ3) is 7.16. The quantitative estimate of drug-likeness (QED) is 0.147. The molecular weight excluding hydrogens is 486 g/mol. The lowest BCUT2D eigenvalue weighted by molar-refractivity contribution is -0.122. The Kier molecular flexibility index (Phi) is 9.53. The lowest BCUT2D eigenvalue weighted by Crippen LogP contribution is -2.45. The van der Waals surface area contributed by atoms with Crippen molar-refractivity contribution in [3.63, 3.8) is 0 Å². The molecule has 200 valence electrons. The molecule has 3 aromatic rings. The van der Waals surface area contributed by atoms with Crippen LogP contribution in [0.15, 0.2) is 66.7 Å². The summed E-state index contributed by atoms with van der Waals surface area (Å²) in [5.41, 5.74) is 12.5. The number of nitrogens with one attached hydrogen (secondary N) is 4. The summed E-state index contributed by atoms with van der Waals surface area (Å²) >= 11 is 0. The number of carbonyl (C=O) groups excluding carboxylic acids is 2. The standard InChI is InChI=1S/C28H33N5O5/c1-5-37-24-16-19(12-15-23(24)38-17(2)3)25(31-20-13-10-18(11-14-20)26(29)30)28(35)33-32-27(34)21-8-6-7-9-22(21)36-4/h6-17,25,31H,5H2,1-4H3,(H3,29,30)(H,32,34)(H,33,35). The second kappa shape index (κ2) is 13.0. The summed E-state index contributed by atoms with van der Waals surface area (Å²) in [4.78, 5) is 26.1. The first-order chi connectivity index (χ1) is 18.2. The number of carbonyl (C=O) groups is 2. The van der Waals surface area contributed by atoms with Crippen LogP contribution in [0.5, 0.6) is 17.2 Å². The number of amidine groups is 1. The van der Waals surface area contributed by atoms with Crippen LogP contribution in [0.25, 0.3) is 0 Å². The SMILES string of the molecule is CCOc1cc(C(Nc2ccc(C(=N)N)cc2)C(=O)NNC(=O)c2ccccc2OC)ccc1OC(C)C. The molecule has 0 aliphatic heterocycles. The highest BCUT2D eigenvalue weighted by Crippen LogP contribution is 2.33. The summed E-state index contributed by atoms with van der Waals surface area (Å²) in [7, 11) is 1.46. The number of anilines is 1. The van der Waals surface area contributed by atoms with Crippen LogP contribution >= 0.6 is 0 Å². The summed E-state index contributed by atoms with van der Waals surface area (Å²) in [5, 5.41) is 10.8. The van der Waals surface area contributed by atoms with E-state index < -0.39 is 17.9 Å². The second-order valence-corrected chi connectivity index (χ2v) is 8.52. The van der Waals surface area contributed by atoms with Crippen LogP contribution < -0.4 is 36.1 Å². The molecule has 10 nitrogen and oxygen atoms in total. The number of ether oxygens (including phenoxy) is 3. The summed E-state index contributed by atoms with van der Waals surface area (Å²) in [6.45, 7) is 6.09. The van der Waals surface area contributed by atoms with Gasteiger partial charge in [-0.2, -0.15) is 0 Å². The van der Waals surface area contributed by atoms with E-state index in [1.54, 1.807) is 66.7 Å². The van der Waals surface area contributed by atoms with Crippen LogP contribution in [0.1, 0.15) is 48.3 Å². The van der Waals surface area contributed by atoms with Gasteiger partial charge < -0.3 is 25.3 Å². The maximum atomic E-state index is 13.4. The number of amides is 2. The number of hydrogen-bond donors (Lipinski definition) is 5. The number of methoxy groups -OCH3 is 1. The zero-order valence-electron chi connectivity index (χ0n) is 21.8. The number of para-hydroxylation sites is 1. The lowest BCUT2D eigenvalue weighted by Gasteiger charge is -2.22. The van der Waals surface area contributed by atoms with Crippen molar-refractivity contribution in [3.8, 4) is 17.2 Å². The number of nitrogens with two attached hydrogens (primary N) is 1. The van der Waals surface area contributed by atoms with E-state index >= 15 is 0 Å². The fraction of sp³-hybridized carbons (Fsp3) is 0.250. The van der Waals surface area contributed by atoms with Crippen LogP contribution in [0.3, 0.4) is 0 Å². The molecule has 0 bridgehead atoms. The Morgan fingerprint density at radius 1 is 0.947 bits per heavy atom. The van der Waals surface area contributed by atoms with Crippen molar-refractivity contribution in [3.05, 3.63) is 83.4 Å². The minimum absolute atomic E-state index is 0.0630. The van der Waals surface area contributed by atoms with E-state index in [9.17, 15) is 9.59 Å². The molecule has 0 radical (unpaired) electrons. The molecule has 0 aromatic heterocycles. The molecule has 3 rings (SSSR count). The maximum Gasteiger partial charge on any atom is 0.273 e. The van der Waals surface area contributed by atoms with Gasteiger partial charge in [-0.15, -0.1) is 0 Å². The molecule has 0 aliphatic rings. The van der Waals surface area contributed by atoms with E-state index in [-0.39, 0.29) is 17.5 Å². The molecule has 1 unspecified atom stereocenters. The van der Waals surface area contributed by atoms with E-state index in [0.29, 0.717) is 40.7 Å². The maximum absolute atomic E-state index is 13.4. The minimum atomic E-state index is -0.927. The van der Waals surface area contributed by atoms with Crippen LogP contribution in [-0.2, 0) is 4.79 Å². The van der Waals surface area contributed by atoms with Crippen LogP contribution in [0, 0.1) is 5.41 Å².